The summed E-state index contributed by atoms with van der Waals surface area (Å²) in [6, 6.07) is 4.64. The van der Waals surface area contributed by atoms with E-state index in [1.807, 2.05) is 13.1 Å². The van der Waals surface area contributed by atoms with Gasteiger partial charge in [0.1, 0.15) is 5.82 Å². The van der Waals surface area contributed by atoms with Crippen LogP contribution in [-0.2, 0) is 12.7 Å². The summed E-state index contributed by atoms with van der Waals surface area (Å²) in [5.41, 5.74) is -0.692. The van der Waals surface area contributed by atoms with Crippen LogP contribution >= 0.6 is 0 Å². The van der Waals surface area contributed by atoms with Gasteiger partial charge in [-0.05, 0) is 43.9 Å². The second kappa shape index (κ2) is 6.90. The van der Waals surface area contributed by atoms with E-state index in [0.29, 0.717) is 19.0 Å². The van der Waals surface area contributed by atoms with Crippen LogP contribution in [-0.4, -0.2) is 33.4 Å². The molecule has 7 heteroatoms. The molecule has 0 N–H and O–H groups in total. The van der Waals surface area contributed by atoms with Crippen molar-refractivity contribution in [1.29, 1.82) is 0 Å². The molecule has 1 amide bonds. The Hall–Kier alpha value is -2.31. The highest BCUT2D eigenvalue weighted by Crippen LogP contribution is 2.30. The van der Waals surface area contributed by atoms with Gasteiger partial charge in [0.05, 0.1) is 5.56 Å². The Morgan fingerprint density at radius 2 is 2.00 bits per heavy atom. The first kappa shape index (κ1) is 17.5. The molecule has 0 atom stereocenters. The minimum Gasteiger partial charge on any atom is -0.339 e. The van der Waals surface area contributed by atoms with Gasteiger partial charge >= 0.3 is 6.18 Å². The molecular formula is C18H20F3N3O. The van der Waals surface area contributed by atoms with Crippen molar-refractivity contribution in [2.24, 2.45) is 5.92 Å². The average Bonchev–Trinajstić information content (AvgIpc) is 2.99. The molecular weight excluding hydrogens is 331 g/mol. The number of carbonyl (C=O) groups excluding carboxylic acids is 1. The largest absolute Gasteiger partial charge is 0.416 e. The Morgan fingerprint density at radius 1 is 1.28 bits per heavy atom. The summed E-state index contributed by atoms with van der Waals surface area (Å²) < 4.78 is 40.5. The number of rotatable bonds is 3. The lowest BCUT2D eigenvalue weighted by Crippen LogP contribution is -2.39. The number of likely N-dealkylation sites (tertiary alicyclic amines) is 1. The number of benzene rings is 1. The van der Waals surface area contributed by atoms with Crippen LogP contribution in [0.4, 0.5) is 13.2 Å². The maximum Gasteiger partial charge on any atom is 0.416 e. The minimum absolute atomic E-state index is 0.0960. The van der Waals surface area contributed by atoms with Gasteiger partial charge in [-0.15, -0.1) is 0 Å². The van der Waals surface area contributed by atoms with Gasteiger partial charge in [-0.1, -0.05) is 6.07 Å². The molecule has 1 aromatic heterocycles. The van der Waals surface area contributed by atoms with Crippen molar-refractivity contribution in [3.05, 3.63) is 53.6 Å². The molecule has 0 bridgehead atoms. The predicted octanol–water partition coefficient (Wildman–Crippen LogP) is 3.76. The van der Waals surface area contributed by atoms with Gasteiger partial charge < -0.3 is 9.47 Å². The van der Waals surface area contributed by atoms with Crippen molar-refractivity contribution in [2.45, 2.75) is 32.5 Å². The average molecular weight is 351 g/mol. The van der Waals surface area contributed by atoms with E-state index in [4.69, 9.17) is 0 Å². The van der Waals surface area contributed by atoms with Crippen molar-refractivity contribution in [1.82, 2.24) is 14.5 Å². The molecule has 1 saturated heterocycles. The SMILES string of the molecule is Cc1nccn1CC1CCN(C(=O)c2cccc(C(F)(F)F)c2)CC1. The lowest BCUT2D eigenvalue weighted by molar-refractivity contribution is -0.137. The number of aromatic nitrogens is 2. The minimum atomic E-state index is -4.44. The highest BCUT2D eigenvalue weighted by Gasteiger charge is 2.31. The molecule has 1 aliphatic rings. The molecule has 25 heavy (non-hydrogen) atoms. The van der Waals surface area contributed by atoms with E-state index < -0.39 is 11.7 Å². The van der Waals surface area contributed by atoms with Gasteiger partial charge in [-0.3, -0.25) is 4.79 Å². The Kier molecular flexibility index (Phi) is 4.83. The first-order valence-electron chi connectivity index (χ1n) is 8.29. The zero-order valence-electron chi connectivity index (χ0n) is 14.0. The fraction of sp³-hybridized carbons (Fsp3) is 0.444. The number of aryl methyl sites for hydroxylation is 1. The molecule has 0 spiro atoms. The number of hydrogen-bond donors (Lipinski definition) is 0. The highest BCUT2D eigenvalue weighted by atomic mass is 19.4. The van der Waals surface area contributed by atoms with E-state index in [2.05, 4.69) is 9.55 Å². The topological polar surface area (TPSA) is 38.1 Å². The molecule has 1 aromatic carbocycles. The van der Waals surface area contributed by atoms with Crippen LogP contribution in [0.3, 0.4) is 0 Å². The summed E-state index contributed by atoms with van der Waals surface area (Å²) >= 11 is 0. The highest BCUT2D eigenvalue weighted by molar-refractivity contribution is 5.94. The van der Waals surface area contributed by atoms with Crippen molar-refractivity contribution in [2.75, 3.05) is 13.1 Å². The summed E-state index contributed by atoms with van der Waals surface area (Å²) in [6.07, 6.45) is 0.938. The van der Waals surface area contributed by atoms with E-state index in [0.717, 1.165) is 37.3 Å². The Morgan fingerprint density at radius 3 is 2.60 bits per heavy atom. The molecule has 1 aliphatic heterocycles. The maximum absolute atomic E-state index is 12.8. The van der Waals surface area contributed by atoms with Crippen molar-refractivity contribution in [3.8, 4) is 0 Å². The number of hydrogen-bond acceptors (Lipinski definition) is 2. The lowest BCUT2D eigenvalue weighted by Gasteiger charge is -2.32. The normalized spacial score (nSPS) is 16.2. The molecule has 0 radical (unpaired) electrons. The fourth-order valence-electron chi connectivity index (χ4n) is 3.20. The van der Waals surface area contributed by atoms with Gasteiger partial charge in [0.15, 0.2) is 0 Å². The third kappa shape index (κ3) is 4.03. The summed E-state index contributed by atoms with van der Waals surface area (Å²) in [6.45, 7) is 3.94. The monoisotopic (exact) mass is 351 g/mol. The first-order valence-corrected chi connectivity index (χ1v) is 8.29. The maximum atomic E-state index is 12.8. The van der Waals surface area contributed by atoms with Crippen molar-refractivity contribution >= 4 is 5.91 Å². The zero-order chi connectivity index (χ0) is 18.0. The van der Waals surface area contributed by atoms with Crippen molar-refractivity contribution in [3.63, 3.8) is 0 Å². The van der Waals surface area contributed by atoms with Crippen LogP contribution in [0.1, 0.15) is 34.6 Å². The molecule has 1 fully saturated rings. The number of halogens is 3. The summed E-state index contributed by atoms with van der Waals surface area (Å²) in [7, 11) is 0. The third-order valence-corrected chi connectivity index (χ3v) is 4.72. The van der Waals surface area contributed by atoms with Gasteiger partial charge in [0.25, 0.3) is 5.91 Å². The van der Waals surface area contributed by atoms with E-state index in [-0.39, 0.29) is 11.5 Å². The molecule has 2 heterocycles. The van der Waals surface area contributed by atoms with Crippen LogP contribution < -0.4 is 0 Å². The molecule has 0 aliphatic carbocycles. The van der Waals surface area contributed by atoms with E-state index in [9.17, 15) is 18.0 Å². The number of piperidine rings is 1. The number of imidazole rings is 1. The summed E-state index contributed by atoms with van der Waals surface area (Å²) in [5.74, 6) is 1.07. The molecule has 0 saturated carbocycles. The van der Waals surface area contributed by atoms with Gasteiger partial charge in [0, 0.05) is 37.6 Å². The molecule has 134 valence electrons. The standard InChI is InChI=1S/C18H20F3N3O/c1-13-22-7-10-24(13)12-14-5-8-23(9-6-14)17(25)15-3-2-4-16(11-15)18(19,20)21/h2-4,7,10-11,14H,5-6,8-9,12H2,1H3. The smallest absolute Gasteiger partial charge is 0.339 e. The predicted molar refractivity (Wildman–Crippen MR) is 87.0 cm³/mol. The van der Waals surface area contributed by atoms with Crippen LogP contribution in [0.2, 0.25) is 0 Å². The molecule has 4 nitrogen and oxygen atoms in total. The van der Waals surface area contributed by atoms with E-state index in [1.165, 1.54) is 12.1 Å². The Bertz CT molecular complexity index is 746. The van der Waals surface area contributed by atoms with Crippen LogP contribution in [0.25, 0.3) is 0 Å². The number of alkyl halides is 3. The van der Waals surface area contributed by atoms with Gasteiger partial charge in [-0.2, -0.15) is 13.2 Å². The zero-order valence-corrected chi connectivity index (χ0v) is 14.0. The van der Waals surface area contributed by atoms with E-state index in [1.54, 1.807) is 11.1 Å². The van der Waals surface area contributed by atoms with Crippen LogP contribution in [0.15, 0.2) is 36.7 Å². The van der Waals surface area contributed by atoms with Crippen LogP contribution in [0.5, 0.6) is 0 Å². The number of nitrogens with zero attached hydrogens (tertiary/aromatic N) is 3. The molecule has 0 unspecified atom stereocenters. The molecule has 3 rings (SSSR count). The summed E-state index contributed by atoms with van der Waals surface area (Å²) in [5, 5.41) is 0. The van der Waals surface area contributed by atoms with E-state index >= 15 is 0 Å². The van der Waals surface area contributed by atoms with Crippen LogP contribution in [0, 0.1) is 12.8 Å². The third-order valence-electron chi connectivity index (χ3n) is 4.72. The first-order chi connectivity index (χ1) is 11.8. The Labute approximate surface area is 144 Å². The number of amides is 1. The quantitative estimate of drug-likeness (QED) is 0.844. The lowest BCUT2D eigenvalue weighted by atomic mass is 9.96. The number of carbonyl (C=O) groups is 1. The Balaban J connectivity index is 1.61. The van der Waals surface area contributed by atoms with Crippen molar-refractivity contribution < 1.29 is 18.0 Å². The van der Waals surface area contributed by atoms with Gasteiger partial charge in [-0.25, -0.2) is 4.98 Å². The summed E-state index contributed by atoms with van der Waals surface area (Å²) in [4.78, 5) is 18.3. The second-order valence-corrected chi connectivity index (χ2v) is 6.44. The van der Waals surface area contributed by atoms with Gasteiger partial charge in [0.2, 0.25) is 0 Å². The molecule has 2 aromatic rings. The fourth-order valence-corrected chi connectivity index (χ4v) is 3.20. The second-order valence-electron chi connectivity index (χ2n) is 6.44.